The van der Waals surface area contributed by atoms with Crippen molar-refractivity contribution in [3.63, 3.8) is 0 Å². The number of carbonyl (C=O) groups excluding carboxylic acids is 1. The Morgan fingerprint density at radius 3 is 2.65 bits per heavy atom. The summed E-state index contributed by atoms with van der Waals surface area (Å²) in [5.41, 5.74) is 0.953. The van der Waals surface area contributed by atoms with Crippen molar-refractivity contribution < 1.29 is 9.21 Å². The van der Waals surface area contributed by atoms with Gasteiger partial charge in [0, 0.05) is 38.1 Å². The van der Waals surface area contributed by atoms with E-state index in [-0.39, 0.29) is 5.91 Å². The molecule has 8 heteroatoms. The lowest BCUT2D eigenvalue weighted by molar-refractivity contribution is 0.0595. The van der Waals surface area contributed by atoms with Crippen LogP contribution in [-0.2, 0) is 6.54 Å². The second kappa shape index (κ2) is 9.89. The number of nitrogens with zero attached hydrogens (tertiary/aromatic N) is 5. The first-order valence-corrected chi connectivity index (χ1v) is 10.8. The first kappa shape index (κ1) is 21.3. The molecule has 31 heavy (non-hydrogen) atoms. The van der Waals surface area contributed by atoms with Crippen LogP contribution in [0.2, 0.25) is 0 Å². The third kappa shape index (κ3) is 5.39. The number of carbonyl (C=O) groups is 1. The zero-order valence-corrected chi connectivity index (χ0v) is 18.3. The number of benzene rings is 1. The number of rotatable bonds is 8. The third-order valence-corrected chi connectivity index (χ3v) is 5.48. The Morgan fingerprint density at radius 1 is 1.10 bits per heavy atom. The van der Waals surface area contributed by atoms with Gasteiger partial charge in [-0.15, -0.1) is 0 Å². The molecule has 3 heterocycles. The van der Waals surface area contributed by atoms with E-state index >= 15 is 0 Å². The van der Waals surface area contributed by atoms with Crippen LogP contribution in [0.3, 0.4) is 0 Å². The minimum absolute atomic E-state index is 0.0455. The van der Waals surface area contributed by atoms with E-state index < -0.39 is 0 Å². The number of nitrogens with one attached hydrogen (secondary N) is 1. The van der Waals surface area contributed by atoms with Crippen LogP contribution in [0.25, 0.3) is 10.9 Å². The molecule has 0 aliphatic carbocycles. The molecule has 0 spiro atoms. The largest absolute Gasteiger partial charge is 0.459 e. The van der Waals surface area contributed by atoms with Crippen molar-refractivity contribution in [2.24, 2.45) is 0 Å². The van der Waals surface area contributed by atoms with E-state index in [2.05, 4.69) is 35.3 Å². The minimum Gasteiger partial charge on any atom is -0.459 e. The Morgan fingerprint density at radius 2 is 1.90 bits per heavy atom. The molecular formula is C23H30N6O2. The molecule has 2 aromatic heterocycles. The van der Waals surface area contributed by atoms with Crippen molar-refractivity contribution in [2.45, 2.75) is 13.0 Å². The van der Waals surface area contributed by atoms with Crippen LogP contribution >= 0.6 is 0 Å². The van der Waals surface area contributed by atoms with Gasteiger partial charge in [0.25, 0.3) is 5.91 Å². The smallest absolute Gasteiger partial charge is 0.289 e. The summed E-state index contributed by atoms with van der Waals surface area (Å²) in [6.45, 7) is 5.48. The Hall–Kier alpha value is -2.97. The summed E-state index contributed by atoms with van der Waals surface area (Å²) >= 11 is 0. The minimum atomic E-state index is -0.0455. The predicted octanol–water partition coefficient (Wildman–Crippen LogP) is 2.54. The first-order chi connectivity index (χ1) is 15.1. The van der Waals surface area contributed by atoms with Crippen LogP contribution in [0.4, 0.5) is 5.82 Å². The van der Waals surface area contributed by atoms with Gasteiger partial charge in [-0.3, -0.25) is 9.69 Å². The number of hydrogen-bond acceptors (Lipinski definition) is 7. The molecule has 1 N–H and O–H groups in total. The standard InChI is InChI=1S/C23H30N6O2/c1-27(2)11-6-10-24-22-18-7-3-4-8-19(18)25-21(26-22)17-28-12-14-29(15-13-28)23(30)20-9-5-16-31-20/h3-5,7-9,16H,6,10-15,17H2,1-2H3,(H,24,25,26). The number of hydrogen-bond donors (Lipinski definition) is 1. The summed E-state index contributed by atoms with van der Waals surface area (Å²) in [6, 6.07) is 11.6. The van der Waals surface area contributed by atoms with E-state index in [1.165, 1.54) is 6.26 Å². The fraction of sp³-hybridized carbons (Fsp3) is 0.435. The number of para-hydroxylation sites is 1. The molecule has 164 valence electrons. The number of amides is 1. The molecule has 1 aliphatic heterocycles. The second-order valence-electron chi connectivity index (χ2n) is 8.13. The maximum absolute atomic E-state index is 12.5. The van der Waals surface area contributed by atoms with Gasteiger partial charge in [0.1, 0.15) is 11.6 Å². The Balaban J connectivity index is 1.39. The fourth-order valence-corrected chi connectivity index (χ4v) is 3.80. The van der Waals surface area contributed by atoms with Gasteiger partial charge in [0.05, 0.1) is 18.3 Å². The summed E-state index contributed by atoms with van der Waals surface area (Å²) in [5.74, 6) is 2.05. The number of fused-ring (bicyclic) bond motifs is 1. The van der Waals surface area contributed by atoms with Crippen molar-refractivity contribution in [1.29, 1.82) is 0 Å². The van der Waals surface area contributed by atoms with E-state index in [1.807, 2.05) is 23.1 Å². The summed E-state index contributed by atoms with van der Waals surface area (Å²) in [4.78, 5) is 28.4. The molecule has 1 fully saturated rings. The predicted molar refractivity (Wildman–Crippen MR) is 121 cm³/mol. The van der Waals surface area contributed by atoms with Crippen molar-refractivity contribution in [3.05, 3.63) is 54.2 Å². The van der Waals surface area contributed by atoms with Crippen LogP contribution in [0.5, 0.6) is 0 Å². The zero-order chi connectivity index (χ0) is 21.6. The van der Waals surface area contributed by atoms with Crippen molar-refractivity contribution in [2.75, 3.05) is 58.7 Å². The van der Waals surface area contributed by atoms with Crippen LogP contribution in [0.1, 0.15) is 22.8 Å². The van der Waals surface area contributed by atoms with Crippen molar-refractivity contribution >= 4 is 22.6 Å². The van der Waals surface area contributed by atoms with Crippen LogP contribution in [0, 0.1) is 0 Å². The monoisotopic (exact) mass is 422 g/mol. The van der Waals surface area contributed by atoms with Gasteiger partial charge >= 0.3 is 0 Å². The van der Waals surface area contributed by atoms with E-state index in [9.17, 15) is 4.79 Å². The second-order valence-corrected chi connectivity index (χ2v) is 8.13. The average molecular weight is 423 g/mol. The molecule has 0 saturated carbocycles. The highest BCUT2D eigenvalue weighted by Gasteiger charge is 2.24. The number of anilines is 1. The third-order valence-electron chi connectivity index (χ3n) is 5.48. The first-order valence-electron chi connectivity index (χ1n) is 10.8. The van der Waals surface area contributed by atoms with E-state index in [0.29, 0.717) is 25.4 Å². The molecular weight excluding hydrogens is 392 g/mol. The highest BCUT2D eigenvalue weighted by Crippen LogP contribution is 2.21. The molecule has 8 nitrogen and oxygen atoms in total. The van der Waals surface area contributed by atoms with Gasteiger partial charge in [-0.25, -0.2) is 9.97 Å². The van der Waals surface area contributed by atoms with Crippen LogP contribution < -0.4 is 5.32 Å². The molecule has 0 unspecified atom stereocenters. The Bertz CT molecular complexity index is 996. The lowest BCUT2D eigenvalue weighted by atomic mass is 10.2. The maximum Gasteiger partial charge on any atom is 0.289 e. The van der Waals surface area contributed by atoms with Gasteiger partial charge in [-0.2, -0.15) is 0 Å². The normalized spacial score (nSPS) is 15.0. The quantitative estimate of drug-likeness (QED) is 0.559. The highest BCUT2D eigenvalue weighted by molar-refractivity contribution is 5.91. The van der Waals surface area contributed by atoms with E-state index in [1.54, 1.807) is 12.1 Å². The molecule has 0 atom stereocenters. The van der Waals surface area contributed by atoms with Crippen molar-refractivity contribution in [3.8, 4) is 0 Å². The van der Waals surface area contributed by atoms with Gasteiger partial charge in [-0.05, 0) is 51.3 Å². The lowest BCUT2D eigenvalue weighted by Crippen LogP contribution is -2.48. The number of furan rings is 1. The topological polar surface area (TPSA) is 77.7 Å². The maximum atomic E-state index is 12.5. The summed E-state index contributed by atoms with van der Waals surface area (Å²) in [6.07, 6.45) is 2.58. The molecule has 3 aromatic rings. The Kier molecular flexibility index (Phi) is 6.79. The molecule has 1 aliphatic rings. The lowest BCUT2D eigenvalue weighted by Gasteiger charge is -2.33. The van der Waals surface area contributed by atoms with Gasteiger partial charge in [0.15, 0.2) is 5.76 Å². The summed E-state index contributed by atoms with van der Waals surface area (Å²) < 4.78 is 5.24. The Labute approximate surface area is 182 Å². The van der Waals surface area contributed by atoms with Gasteiger partial charge < -0.3 is 19.5 Å². The summed E-state index contributed by atoms with van der Waals surface area (Å²) in [5, 5.41) is 4.54. The van der Waals surface area contributed by atoms with Gasteiger partial charge in [-0.1, -0.05) is 12.1 Å². The summed E-state index contributed by atoms with van der Waals surface area (Å²) in [7, 11) is 4.17. The van der Waals surface area contributed by atoms with E-state index in [0.717, 1.165) is 55.1 Å². The fourth-order valence-electron chi connectivity index (χ4n) is 3.80. The zero-order valence-electron chi connectivity index (χ0n) is 18.3. The van der Waals surface area contributed by atoms with E-state index in [4.69, 9.17) is 14.4 Å². The molecule has 4 rings (SSSR count). The average Bonchev–Trinajstić information content (AvgIpc) is 3.31. The molecule has 0 radical (unpaired) electrons. The van der Waals surface area contributed by atoms with Crippen molar-refractivity contribution in [1.82, 2.24) is 24.7 Å². The number of aromatic nitrogens is 2. The highest BCUT2D eigenvalue weighted by atomic mass is 16.3. The van der Waals surface area contributed by atoms with Crippen LogP contribution in [-0.4, -0.2) is 83.9 Å². The van der Waals surface area contributed by atoms with Gasteiger partial charge in [0.2, 0.25) is 0 Å². The molecule has 1 amide bonds. The number of piperazine rings is 1. The molecule has 0 bridgehead atoms. The molecule has 1 saturated heterocycles. The SMILES string of the molecule is CN(C)CCCNc1nc(CN2CCN(C(=O)c3ccco3)CC2)nc2ccccc12. The molecule has 1 aromatic carbocycles. The van der Waals surface area contributed by atoms with Crippen LogP contribution in [0.15, 0.2) is 47.1 Å².